The van der Waals surface area contributed by atoms with Gasteiger partial charge in [-0.15, -0.1) is 0 Å². The molecule has 0 amide bonds. The second kappa shape index (κ2) is 6.17. The fourth-order valence-electron chi connectivity index (χ4n) is 1.81. The van der Waals surface area contributed by atoms with Crippen molar-refractivity contribution in [1.82, 2.24) is 0 Å². The number of benzene rings is 2. The highest BCUT2D eigenvalue weighted by atomic mass is 79.9. The van der Waals surface area contributed by atoms with Gasteiger partial charge in [0.05, 0.1) is 0 Å². The molecule has 0 aliphatic rings. The van der Waals surface area contributed by atoms with Crippen LogP contribution in [0.1, 0.15) is 16.7 Å². The summed E-state index contributed by atoms with van der Waals surface area (Å²) in [5.41, 5.74) is 8.34. The van der Waals surface area contributed by atoms with Crippen LogP contribution >= 0.6 is 15.9 Å². The molecule has 0 saturated carbocycles. The normalized spacial score (nSPS) is 10.5. The molecular formula is C15H15BrFNO. The van der Waals surface area contributed by atoms with Crippen molar-refractivity contribution in [3.8, 4) is 5.75 Å². The van der Waals surface area contributed by atoms with Gasteiger partial charge in [-0.2, -0.15) is 0 Å². The van der Waals surface area contributed by atoms with Crippen molar-refractivity contribution in [1.29, 1.82) is 0 Å². The molecule has 0 fully saturated rings. The Labute approximate surface area is 120 Å². The number of aryl methyl sites for hydroxylation is 1. The Hall–Kier alpha value is -1.39. The van der Waals surface area contributed by atoms with Gasteiger partial charge in [0.2, 0.25) is 0 Å². The van der Waals surface area contributed by atoms with Gasteiger partial charge >= 0.3 is 0 Å². The maximum Gasteiger partial charge on any atom is 0.123 e. The Bertz CT molecular complexity index is 586. The van der Waals surface area contributed by atoms with Crippen LogP contribution in [0.3, 0.4) is 0 Å². The molecule has 0 spiro atoms. The molecule has 0 saturated heterocycles. The number of hydrogen-bond donors (Lipinski definition) is 1. The lowest BCUT2D eigenvalue weighted by Crippen LogP contribution is -2.05. The predicted octanol–water partition coefficient (Wildman–Crippen LogP) is 3.93. The van der Waals surface area contributed by atoms with Crippen molar-refractivity contribution >= 4 is 15.9 Å². The van der Waals surface area contributed by atoms with E-state index in [2.05, 4.69) is 15.9 Å². The molecule has 2 aromatic carbocycles. The lowest BCUT2D eigenvalue weighted by Gasteiger charge is -2.12. The summed E-state index contributed by atoms with van der Waals surface area (Å²) in [7, 11) is 0. The van der Waals surface area contributed by atoms with Gasteiger partial charge in [0.1, 0.15) is 18.2 Å². The van der Waals surface area contributed by atoms with E-state index < -0.39 is 0 Å². The number of ether oxygens (including phenoxy) is 1. The third kappa shape index (κ3) is 3.55. The highest BCUT2D eigenvalue weighted by Crippen LogP contribution is 2.24. The van der Waals surface area contributed by atoms with Crippen LogP contribution < -0.4 is 10.5 Å². The number of halogens is 2. The molecule has 0 aromatic heterocycles. The van der Waals surface area contributed by atoms with Crippen LogP contribution in [0.2, 0.25) is 0 Å². The molecule has 4 heteroatoms. The van der Waals surface area contributed by atoms with Crippen LogP contribution in [0.25, 0.3) is 0 Å². The Morgan fingerprint density at radius 2 is 1.95 bits per heavy atom. The van der Waals surface area contributed by atoms with E-state index in [-0.39, 0.29) is 5.82 Å². The summed E-state index contributed by atoms with van der Waals surface area (Å²) in [6.07, 6.45) is 0. The summed E-state index contributed by atoms with van der Waals surface area (Å²) in [5.74, 6) is 0.532. The van der Waals surface area contributed by atoms with E-state index in [1.165, 1.54) is 12.1 Å². The van der Waals surface area contributed by atoms with E-state index in [1.54, 1.807) is 6.07 Å². The van der Waals surface area contributed by atoms with Crippen LogP contribution in [-0.4, -0.2) is 0 Å². The molecule has 0 aliphatic heterocycles. The third-order valence-corrected chi connectivity index (χ3v) is 3.41. The van der Waals surface area contributed by atoms with Crippen molar-refractivity contribution in [3.63, 3.8) is 0 Å². The van der Waals surface area contributed by atoms with Gasteiger partial charge in [0, 0.05) is 11.0 Å². The molecule has 0 atom stereocenters. The fourth-order valence-corrected chi connectivity index (χ4v) is 2.15. The second-order valence-corrected chi connectivity index (χ2v) is 5.23. The summed E-state index contributed by atoms with van der Waals surface area (Å²) in [4.78, 5) is 0. The highest BCUT2D eigenvalue weighted by Gasteiger charge is 2.06. The van der Waals surface area contributed by atoms with Crippen molar-refractivity contribution < 1.29 is 9.13 Å². The van der Waals surface area contributed by atoms with Crippen LogP contribution in [0.5, 0.6) is 5.75 Å². The lowest BCUT2D eigenvalue weighted by atomic mass is 10.1. The third-order valence-electron chi connectivity index (χ3n) is 2.92. The van der Waals surface area contributed by atoms with E-state index in [4.69, 9.17) is 10.5 Å². The monoisotopic (exact) mass is 323 g/mol. The SMILES string of the molecule is Cc1ccc(Br)cc1OCc1ccc(F)cc1CN. The van der Waals surface area contributed by atoms with Gasteiger partial charge < -0.3 is 10.5 Å². The molecule has 2 N–H and O–H groups in total. The van der Waals surface area contributed by atoms with E-state index >= 15 is 0 Å². The van der Waals surface area contributed by atoms with Gasteiger partial charge in [-0.1, -0.05) is 28.1 Å². The molecule has 0 bridgehead atoms. The van der Waals surface area contributed by atoms with Crippen LogP contribution in [-0.2, 0) is 13.2 Å². The van der Waals surface area contributed by atoms with E-state index in [9.17, 15) is 4.39 Å². The first-order chi connectivity index (χ1) is 9.10. The van der Waals surface area contributed by atoms with E-state index in [0.29, 0.717) is 13.2 Å². The molecule has 0 aliphatic carbocycles. The van der Waals surface area contributed by atoms with Crippen LogP contribution in [0.15, 0.2) is 40.9 Å². The minimum atomic E-state index is -0.275. The van der Waals surface area contributed by atoms with Gasteiger partial charge in [0.15, 0.2) is 0 Å². The summed E-state index contributed by atoms with van der Waals surface area (Å²) in [6, 6.07) is 10.4. The quantitative estimate of drug-likeness (QED) is 0.925. The van der Waals surface area contributed by atoms with Gasteiger partial charge in [-0.25, -0.2) is 4.39 Å². The summed E-state index contributed by atoms with van der Waals surface area (Å²) in [5, 5.41) is 0. The summed E-state index contributed by atoms with van der Waals surface area (Å²) < 4.78 is 19.9. The summed E-state index contributed by atoms with van der Waals surface area (Å²) >= 11 is 3.41. The number of nitrogens with two attached hydrogens (primary N) is 1. The molecule has 0 radical (unpaired) electrons. The first kappa shape index (κ1) is 14.0. The highest BCUT2D eigenvalue weighted by molar-refractivity contribution is 9.10. The molecule has 19 heavy (non-hydrogen) atoms. The zero-order valence-electron chi connectivity index (χ0n) is 10.6. The molecule has 0 heterocycles. The van der Waals surface area contributed by atoms with Gasteiger partial charge in [-0.05, 0) is 47.9 Å². The number of rotatable bonds is 4. The van der Waals surface area contributed by atoms with Crippen molar-refractivity contribution in [2.24, 2.45) is 5.73 Å². The average molecular weight is 324 g/mol. The van der Waals surface area contributed by atoms with Gasteiger partial charge in [-0.3, -0.25) is 0 Å². The molecule has 2 nitrogen and oxygen atoms in total. The predicted molar refractivity (Wildman–Crippen MR) is 77.5 cm³/mol. The van der Waals surface area contributed by atoms with E-state index in [1.807, 2.05) is 25.1 Å². The largest absolute Gasteiger partial charge is 0.489 e. The molecular weight excluding hydrogens is 309 g/mol. The standard InChI is InChI=1S/C15H15BrFNO/c1-10-2-4-13(16)7-15(10)19-9-11-3-5-14(17)6-12(11)8-18/h2-7H,8-9,18H2,1H3. The zero-order valence-corrected chi connectivity index (χ0v) is 12.2. The average Bonchev–Trinajstić information content (AvgIpc) is 2.40. The Morgan fingerprint density at radius 1 is 1.16 bits per heavy atom. The first-order valence-corrected chi connectivity index (χ1v) is 6.76. The second-order valence-electron chi connectivity index (χ2n) is 4.32. The lowest BCUT2D eigenvalue weighted by molar-refractivity contribution is 0.302. The molecule has 2 rings (SSSR count). The van der Waals surface area contributed by atoms with Crippen LogP contribution in [0.4, 0.5) is 4.39 Å². The minimum Gasteiger partial charge on any atom is -0.489 e. The van der Waals surface area contributed by atoms with Crippen molar-refractivity contribution in [2.45, 2.75) is 20.1 Å². The zero-order chi connectivity index (χ0) is 13.8. The number of hydrogen-bond acceptors (Lipinski definition) is 2. The van der Waals surface area contributed by atoms with E-state index in [0.717, 1.165) is 26.9 Å². The topological polar surface area (TPSA) is 35.2 Å². The fraction of sp³-hybridized carbons (Fsp3) is 0.200. The Morgan fingerprint density at radius 3 is 2.68 bits per heavy atom. The van der Waals surface area contributed by atoms with Crippen molar-refractivity contribution in [3.05, 3.63) is 63.4 Å². The van der Waals surface area contributed by atoms with Gasteiger partial charge in [0.25, 0.3) is 0 Å². The Kier molecular flexibility index (Phi) is 4.56. The summed E-state index contributed by atoms with van der Waals surface area (Å²) in [6.45, 7) is 2.66. The molecule has 0 unspecified atom stereocenters. The maximum atomic E-state index is 13.1. The first-order valence-electron chi connectivity index (χ1n) is 5.96. The molecule has 100 valence electrons. The van der Waals surface area contributed by atoms with Crippen LogP contribution in [0, 0.1) is 12.7 Å². The minimum absolute atomic E-state index is 0.275. The Balaban J connectivity index is 2.16. The molecule has 2 aromatic rings. The smallest absolute Gasteiger partial charge is 0.123 e. The maximum absolute atomic E-state index is 13.1. The van der Waals surface area contributed by atoms with Crippen molar-refractivity contribution in [2.75, 3.05) is 0 Å².